The van der Waals surface area contributed by atoms with Crippen molar-refractivity contribution in [1.29, 1.82) is 0 Å². The molecule has 1 aromatic rings. The summed E-state index contributed by atoms with van der Waals surface area (Å²) >= 11 is 1.75. The number of methoxy groups -OCH3 is 1. The molecule has 6 nitrogen and oxygen atoms in total. The first kappa shape index (κ1) is 25.0. The Morgan fingerprint density at radius 1 is 1.17 bits per heavy atom. The standard InChI is InChI=1S/C15H14F7IN2O4/c1-3-28-10-5-8(4-9(23)12(10)29-7-11(26)27-2)6-24-25-15(21,22)13(16,17)14(18,19)20/h4-6,25H,3,7H2,1-2H3/b24-6+. The topological polar surface area (TPSA) is 69.1 Å². The molecule has 0 amide bonds. The van der Waals surface area contributed by atoms with E-state index in [0.717, 1.165) is 7.11 Å². The van der Waals surface area contributed by atoms with Crippen LogP contribution in [0.4, 0.5) is 30.7 Å². The van der Waals surface area contributed by atoms with Gasteiger partial charge in [-0.05, 0) is 47.2 Å². The second-order valence-corrected chi connectivity index (χ2v) is 6.31. The number of rotatable bonds is 9. The predicted octanol–water partition coefficient (Wildman–Crippen LogP) is 3.96. The lowest BCUT2D eigenvalue weighted by Gasteiger charge is -2.27. The predicted molar refractivity (Wildman–Crippen MR) is 94.5 cm³/mol. The molecule has 0 saturated heterocycles. The van der Waals surface area contributed by atoms with Gasteiger partial charge in [-0.2, -0.15) is 35.8 Å². The molecule has 0 heterocycles. The molecule has 29 heavy (non-hydrogen) atoms. The van der Waals surface area contributed by atoms with Crippen LogP contribution < -0.4 is 14.9 Å². The van der Waals surface area contributed by atoms with Crippen molar-refractivity contribution in [2.45, 2.75) is 25.1 Å². The minimum absolute atomic E-state index is 0.0156. The van der Waals surface area contributed by atoms with Crippen molar-refractivity contribution < 1.29 is 49.7 Å². The summed E-state index contributed by atoms with van der Waals surface area (Å²) in [6, 6.07) is -3.20. The summed E-state index contributed by atoms with van der Waals surface area (Å²) in [6.07, 6.45) is -5.88. The molecule has 0 fully saturated rings. The van der Waals surface area contributed by atoms with Gasteiger partial charge in [-0.25, -0.2) is 10.2 Å². The van der Waals surface area contributed by atoms with Crippen LogP contribution >= 0.6 is 22.6 Å². The van der Waals surface area contributed by atoms with Crippen molar-refractivity contribution in [2.24, 2.45) is 5.10 Å². The van der Waals surface area contributed by atoms with Gasteiger partial charge in [-0.15, -0.1) is 0 Å². The van der Waals surface area contributed by atoms with Crippen LogP contribution in [0.15, 0.2) is 17.2 Å². The van der Waals surface area contributed by atoms with Crippen LogP contribution in [0.25, 0.3) is 0 Å². The minimum atomic E-state index is -6.48. The first-order valence-electron chi connectivity index (χ1n) is 7.55. The van der Waals surface area contributed by atoms with Crippen LogP contribution in [-0.4, -0.2) is 50.7 Å². The molecule has 0 aliphatic rings. The molecule has 0 saturated carbocycles. The van der Waals surface area contributed by atoms with Crippen LogP contribution in [0.1, 0.15) is 12.5 Å². The van der Waals surface area contributed by atoms with Gasteiger partial charge in [-0.1, -0.05) is 0 Å². The monoisotopic (exact) mass is 546 g/mol. The molecule has 0 aliphatic heterocycles. The van der Waals surface area contributed by atoms with Crippen LogP contribution in [0, 0.1) is 3.57 Å². The van der Waals surface area contributed by atoms with E-state index in [4.69, 9.17) is 9.47 Å². The zero-order valence-corrected chi connectivity index (χ0v) is 16.9. The van der Waals surface area contributed by atoms with E-state index in [-0.39, 0.29) is 23.7 Å². The zero-order chi connectivity index (χ0) is 22.5. The van der Waals surface area contributed by atoms with E-state index < -0.39 is 30.7 Å². The average Bonchev–Trinajstić information content (AvgIpc) is 2.59. The van der Waals surface area contributed by atoms with Crippen molar-refractivity contribution in [3.63, 3.8) is 0 Å². The first-order chi connectivity index (χ1) is 13.3. The van der Waals surface area contributed by atoms with Crippen LogP contribution in [0.2, 0.25) is 0 Å². The van der Waals surface area contributed by atoms with Gasteiger partial charge < -0.3 is 14.2 Å². The number of alkyl halides is 7. The number of halogens is 8. The van der Waals surface area contributed by atoms with Crippen LogP contribution in [0.5, 0.6) is 11.5 Å². The Balaban J connectivity index is 3.06. The van der Waals surface area contributed by atoms with E-state index in [2.05, 4.69) is 9.84 Å². The number of nitrogens with one attached hydrogen (secondary N) is 1. The van der Waals surface area contributed by atoms with Crippen LogP contribution in [-0.2, 0) is 9.53 Å². The van der Waals surface area contributed by atoms with E-state index in [1.807, 2.05) is 0 Å². The molecule has 0 unspecified atom stereocenters. The molecule has 14 heteroatoms. The summed E-state index contributed by atoms with van der Waals surface area (Å²) in [5.41, 5.74) is 0.534. The van der Waals surface area contributed by atoms with Gasteiger partial charge >= 0.3 is 24.1 Å². The molecule has 0 aliphatic carbocycles. The molecular weight excluding hydrogens is 532 g/mol. The smallest absolute Gasteiger partial charge is 0.462 e. The molecule has 0 aromatic heterocycles. The number of benzene rings is 1. The SMILES string of the molecule is CCOc1cc(/C=N/NC(F)(F)C(F)(F)C(F)(F)F)cc(I)c1OCC(=O)OC. The maximum atomic E-state index is 13.2. The van der Waals surface area contributed by atoms with Crippen molar-refractivity contribution in [1.82, 2.24) is 5.43 Å². The van der Waals surface area contributed by atoms with Crippen molar-refractivity contribution in [3.05, 3.63) is 21.3 Å². The number of esters is 1. The van der Waals surface area contributed by atoms with Gasteiger partial charge in [0.25, 0.3) is 0 Å². The van der Waals surface area contributed by atoms with Gasteiger partial charge in [0, 0.05) is 0 Å². The molecular formula is C15H14F7IN2O4. The Morgan fingerprint density at radius 3 is 2.31 bits per heavy atom. The van der Waals surface area contributed by atoms with E-state index in [1.54, 1.807) is 29.5 Å². The highest BCUT2D eigenvalue weighted by Gasteiger charge is 2.73. The van der Waals surface area contributed by atoms with Crippen molar-refractivity contribution in [3.8, 4) is 11.5 Å². The third kappa shape index (κ3) is 6.24. The summed E-state index contributed by atoms with van der Waals surface area (Å²) in [5.74, 6) is -6.87. The number of carbonyl (C=O) groups is 1. The normalized spacial score (nSPS) is 12.8. The number of hydrogen-bond donors (Lipinski definition) is 1. The molecule has 164 valence electrons. The van der Waals surface area contributed by atoms with Gasteiger partial charge in [-0.3, -0.25) is 0 Å². The highest BCUT2D eigenvalue weighted by Crippen LogP contribution is 2.45. The van der Waals surface area contributed by atoms with Crippen molar-refractivity contribution >= 4 is 34.8 Å². The van der Waals surface area contributed by atoms with Gasteiger partial charge in [0.15, 0.2) is 18.1 Å². The molecule has 1 aromatic carbocycles. The molecule has 1 rings (SSSR count). The Kier molecular flexibility index (Phi) is 8.35. The lowest BCUT2D eigenvalue weighted by Crippen LogP contribution is -2.58. The quantitative estimate of drug-likeness (QED) is 0.127. The molecule has 0 atom stereocenters. The molecule has 0 bridgehead atoms. The summed E-state index contributed by atoms with van der Waals surface area (Å²) < 4.78 is 103. The van der Waals surface area contributed by atoms with Crippen molar-refractivity contribution in [2.75, 3.05) is 20.3 Å². The number of carbonyl (C=O) groups excluding carboxylic acids is 1. The Hall–Kier alpha value is -2.00. The second-order valence-electron chi connectivity index (χ2n) is 5.14. The number of hydrazone groups is 1. The van der Waals surface area contributed by atoms with Crippen LogP contribution in [0.3, 0.4) is 0 Å². The maximum absolute atomic E-state index is 13.2. The average molecular weight is 546 g/mol. The third-order valence-electron chi connectivity index (χ3n) is 3.06. The number of ether oxygens (including phenoxy) is 3. The third-order valence-corrected chi connectivity index (χ3v) is 3.86. The first-order valence-corrected chi connectivity index (χ1v) is 8.63. The lowest BCUT2D eigenvalue weighted by atomic mass is 10.2. The summed E-state index contributed by atoms with van der Waals surface area (Å²) in [6.45, 7) is 1.29. The fraction of sp³-hybridized carbons (Fsp3) is 0.467. The lowest BCUT2D eigenvalue weighted by molar-refractivity contribution is -0.361. The van der Waals surface area contributed by atoms with Gasteiger partial charge in [0.2, 0.25) is 0 Å². The largest absolute Gasteiger partial charge is 0.490 e. The summed E-state index contributed by atoms with van der Waals surface area (Å²) in [7, 11) is 1.14. The number of nitrogens with zero attached hydrogens (tertiary/aromatic N) is 1. The maximum Gasteiger partial charge on any atom is 0.462 e. The molecule has 0 radical (unpaired) electrons. The number of hydrogen-bond acceptors (Lipinski definition) is 6. The summed E-state index contributed by atoms with van der Waals surface area (Å²) in [4.78, 5) is 11.2. The zero-order valence-electron chi connectivity index (χ0n) is 14.8. The minimum Gasteiger partial charge on any atom is -0.490 e. The highest BCUT2D eigenvalue weighted by atomic mass is 127. The van der Waals surface area contributed by atoms with Gasteiger partial charge in [0.1, 0.15) is 0 Å². The highest BCUT2D eigenvalue weighted by molar-refractivity contribution is 14.1. The van der Waals surface area contributed by atoms with Gasteiger partial charge in [0.05, 0.1) is 23.5 Å². The second kappa shape index (κ2) is 9.67. The van der Waals surface area contributed by atoms with E-state index in [1.165, 1.54) is 12.1 Å². The fourth-order valence-electron chi connectivity index (χ4n) is 1.69. The Morgan fingerprint density at radius 2 is 1.79 bits per heavy atom. The summed E-state index contributed by atoms with van der Waals surface area (Å²) in [5, 5.41) is 2.77. The fourth-order valence-corrected chi connectivity index (χ4v) is 2.47. The molecule has 1 N–H and O–H groups in total. The van der Waals surface area contributed by atoms with E-state index >= 15 is 0 Å². The Labute approximate surface area is 173 Å². The van der Waals surface area contributed by atoms with E-state index in [9.17, 15) is 35.5 Å². The molecule has 0 spiro atoms. The van der Waals surface area contributed by atoms with E-state index in [0.29, 0.717) is 15.2 Å². The Bertz CT molecular complexity index is 757.